The third-order valence-electron chi connectivity index (χ3n) is 2.72. The standard InChI is InChI=1S/C14H14O2/c1-9-8-10(2)14(16)12(13(9)15)11-6-4-3-5-7-11/h3-8,15-16H,1-2H3. The summed E-state index contributed by atoms with van der Waals surface area (Å²) in [6.45, 7) is 3.66. The molecule has 2 rings (SSSR count). The van der Waals surface area contributed by atoms with E-state index in [2.05, 4.69) is 0 Å². The molecule has 0 amide bonds. The molecule has 0 atom stereocenters. The zero-order valence-electron chi connectivity index (χ0n) is 9.36. The van der Waals surface area contributed by atoms with Crippen LogP contribution in [-0.2, 0) is 0 Å². The molecule has 0 unspecified atom stereocenters. The molecule has 2 N–H and O–H groups in total. The third-order valence-corrected chi connectivity index (χ3v) is 2.72. The Labute approximate surface area is 94.8 Å². The molecule has 0 saturated heterocycles. The van der Waals surface area contributed by atoms with Gasteiger partial charge in [0, 0.05) is 0 Å². The van der Waals surface area contributed by atoms with Gasteiger partial charge >= 0.3 is 0 Å². The Hall–Kier alpha value is -1.96. The number of aromatic hydroxyl groups is 2. The molecule has 16 heavy (non-hydrogen) atoms. The second kappa shape index (κ2) is 3.89. The molecular formula is C14H14O2. The zero-order valence-corrected chi connectivity index (χ0v) is 9.36. The number of rotatable bonds is 1. The summed E-state index contributed by atoms with van der Waals surface area (Å²) in [7, 11) is 0. The molecule has 0 aliphatic heterocycles. The lowest BCUT2D eigenvalue weighted by molar-refractivity contribution is 0.449. The van der Waals surface area contributed by atoms with Crippen molar-refractivity contribution in [3.63, 3.8) is 0 Å². The fourth-order valence-corrected chi connectivity index (χ4v) is 1.85. The smallest absolute Gasteiger partial charge is 0.130 e. The SMILES string of the molecule is Cc1cc(C)c(O)c(-c2ccccc2)c1O. The number of hydrogen-bond donors (Lipinski definition) is 2. The average Bonchev–Trinajstić information content (AvgIpc) is 2.28. The Morgan fingerprint density at radius 2 is 1.31 bits per heavy atom. The van der Waals surface area contributed by atoms with E-state index in [0.717, 1.165) is 16.7 Å². The predicted molar refractivity (Wildman–Crippen MR) is 64.7 cm³/mol. The summed E-state index contributed by atoms with van der Waals surface area (Å²) in [5.74, 6) is 0.295. The summed E-state index contributed by atoms with van der Waals surface area (Å²) in [5, 5.41) is 20.0. The summed E-state index contributed by atoms with van der Waals surface area (Å²) < 4.78 is 0. The van der Waals surface area contributed by atoms with Crippen LogP contribution in [0.3, 0.4) is 0 Å². The minimum atomic E-state index is 0.148. The average molecular weight is 214 g/mol. The van der Waals surface area contributed by atoms with Gasteiger partial charge in [0.1, 0.15) is 11.5 Å². The quantitative estimate of drug-likeness (QED) is 0.764. The van der Waals surface area contributed by atoms with Crippen LogP contribution in [0, 0.1) is 13.8 Å². The van der Waals surface area contributed by atoms with Crippen LogP contribution in [-0.4, -0.2) is 10.2 Å². The van der Waals surface area contributed by atoms with E-state index in [0.29, 0.717) is 5.56 Å². The molecule has 0 fully saturated rings. The van der Waals surface area contributed by atoms with E-state index in [-0.39, 0.29) is 11.5 Å². The van der Waals surface area contributed by atoms with Crippen LogP contribution in [0.2, 0.25) is 0 Å². The third kappa shape index (κ3) is 1.63. The number of phenols is 2. The van der Waals surface area contributed by atoms with E-state index in [4.69, 9.17) is 0 Å². The van der Waals surface area contributed by atoms with Gasteiger partial charge in [-0.1, -0.05) is 30.3 Å². The van der Waals surface area contributed by atoms with E-state index in [1.807, 2.05) is 44.2 Å². The van der Waals surface area contributed by atoms with Crippen LogP contribution in [0.5, 0.6) is 11.5 Å². The minimum Gasteiger partial charge on any atom is -0.507 e. The highest BCUT2D eigenvalue weighted by atomic mass is 16.3. The molecule has 0 bridgehead atoms. The second-order valence-corrected chi connectivity index (χ2v) is 3.95. The predicted octanol–water partition coefficient (Wildman–Crippen LogP) is 3.38. The fraction of sp³-hybridized carbons (Fsp3) is 0.143. The van der Waals surface area contributed by atoms with Gasteiger partial charge < -0.3 is 10.2 Å². The highest BCUT2D eigenvalue weighted by Crippen LogP contribution is 2.41. The highest BCUT2D eigenvalue weighted by molar-refractivity contribution is 5.79. The summed E-state index contributed by atoms with van der Waals surface area (Å²) in [5.41, 5.74) is 2.88. The monoisotopic (exact) mass is 214 g/mol. The lowest BCUT2D eigenvalue weighted by atomic mass is 9.98. The fourth-order valence-electron chi connectivity index (χ4n) is 1.85. The Kier molecular flexibility index (Phi) is 2.57. The van der Waals surface area contributed by atoms with E-state index in [1.165, 1.54) is 0 Å². The zero-order chi connectivity index (χ0) is 11.7. The first-order chi connectivity index (χ1) is 7.61. The lowest BCUT2D eigenvalue weighted by Crippen LogP contribution is -1.87. The van der Waals surface area contributed by atoms with Gasteiger partial charge in [-0.25, -0.2) is 0 Å². The maximum Gasteiger partial charge on any atom is 0.130 e. The first kappa shape index (κ1) is 10.6. The van der Waals surface area contributed by atoms with Crippen LogP contribution < -0.4 is 0 Å². The van der Waals surface area contributed by atoms with E-state index in [9.17, 15) is 10.2 Å². The second-order valence-electron chi connectivity index (χ2n) is 3.95. The van der Waals surface area contributed by atoms with E-state index in [1.54, 1.807) is 6.07 Å². The first-order valence-electron chi connectivity index (χ1n) is 5.19. The van der Waals surface area contributed by atoms with Crippen molar-refractivity contribution in [3.05, 3.63) is 47.5 Å². The Balaban J connectivity index is 2.74. The first-order valence-corrected chi connectivity index (χ1v) is 5.19. The summed E-state index contributed by atoms with van der Waals surface area (Å²) in [6, 6.07) is 11.2. The number of aryl methyl sites for hydroxylation is 2. The maximum atomic E-state index is 10.00. The van der Waals surface area contributed by atoms with Crippen LogP contribution >= 0.6 is 0 Å². The molecule has 0 saturated carbocycles. The van der Waals surface area contributed by atoms with E-state index < -0.39 is 0 Å². The maximum absolute atomic E-state index is 10.00. The van der Waals surface area contributed by atoms with Gasteiger partial charge in [0.05, 0.1) is 5.56 Å². The molecule has 82 valence electrons. The number of benzene rings is 2. The van der Waals surface area contributed by atoms with Crippen molar-refractivity contribution in [1.29, 1.82) is 0 Å². The van der Waals surface area contributed by atoms with Crippen molar-refractivity contribution in [1.82, 2.24) is 0 Å². The van der Waals surface area contributed by atoms with Crippen molar-refractivity contribution in [3.8, 4) is 22.6 Å². The molecule has 0 radical (unpaired) electrons. The van der Waals surface area contributed by atoms with Crippen LogP contribution in [0.15, 0.2) is 36.4 Å². The van der Waals surface area contributed by atoms with Gasteiger partial charge in [0.25, 0.3) is 0 Å². The largest absolute Gasteiger partial charge is 0.507 e. The molecule has 0 aromatic heterocycles. The number of hydrogen-bond acceptors (Lipinski definition) is 2. The molecule has 0 aliphatic rings. The molecule has 2 nitrogen and oxygen atoms in total. The Bertz CT molecular complexity index is 490. The summed E-state index contributed by atoms with van der Waals surface area (Å²) in [4.78, 5) is 0. The van der Waals surface area contributed by atoms with Gasteiger partial charge in [0.15, 0.2) is 0 Å². The van der Waals surface area contributed by atoms with Crippen LogP contribution in [0.4, 0.5) is 0 Å². The number of phenolic OH excluding ortho intramolecular Hbond substituents is 2. The van der Waals surface area contributed by atoms with E-state index >= 15 is 0 Å². The summed E-state index contributed by atoms with van der Waals surface area (Å²) in [6.07, 6.45) is 0. The Morgan fingerprint density at radius 3 is 1.81 bits per heavy atom. The van der Waals surface area contributed by atoms with Crippen LogP contribution in [0.1, 0.15) is 11.1 Å². The van der Waals surface area contributed by atoms with Gasteiger partial charge in [0.2, 0.25) is 0 Å². The molecule has 0 heterocycles. The van der Waals surface area contributed by atoms with Gasteiger partial charge in [-0.2, -0.15) is 0 Å². The topological polar surface area (TPSA) is 40.5 Å². The Morgan fingerprint density at radius 1 is 0.812 bits per heavy atom. The van der Waals surface area contributed by atoms with Crippen LogP contribution in [0.25, 0.3) is 11.1 Å². The molecule has 0 aliphatic carbocycles. The van der Waals surface area contributed by atoms with Crippen molar-refractivity contribution in [2.45, 2.75) is 13.8 Å². The summed E-state index contributed by atoms with van der Waals surface area (Å²) >= 11 is 0. The van der Waals surface area contributed by atoms with Crippen molar-refractivity contribution >= 4 is 0 Å². The molecule has 0 spiro atoms. The van der Waals surface area contributed by atoms with Crippen molar-refractivity contribution < 1.29 is 10.2 Å². The normalized spacial score (nSPS) is 10.4. The van der Waals surface area contributed by atoms with Gasteiger partial charge in [-0.15, -0.1) is 0 Å². The molecule has 2 heteroatoms. The molecule has 2 aromatic rings. The highest BCUT2D eigenvalue weighted by Gasteiger charge is 2.14. The van der Waals surface area contributed by atoms with Gasteiger partial charge in [-0.05, 0) is 36.6 Å². The van der Waals surface area contributed by atoms with Gasteiger partial charge in [-0.3, -0.25) is 0 Å². The van der Waals surface area contributed by atoms with Crippen molar-refractivity contribution in [2.24, 2.45) is 0 Å². The lowest BCUT2D eigenvalue weighted by Gasteiger charge is -2.12. The molecule has 2 aromatic carbocycles. The van der Waals surface area contributed by atoms with Crippen molar-refractivity contribution in [2.75, 3.05) is 0 Å². The minimum absolute atomic E-state index is 0.148. The molecular weight excluding hydrogens is 200 g/mol.